The van der Waals surface area contributed by atoms with Crippen molar-refractivity contribution in [1.82, 2.24) is 19.7 Å². The molecule has 6 heteroatoms. The molecule has 0 saturated heterocycles. The summed E-state index contributed by atoms with van der Waals surface area (Å²) in [7, 11) is 1.86. The predicted molar refractivity (Wildman–Crippen MR) is 65.6 cm³/mol. The molecule has 0 unspecified atom stereocenters. The maximum absolute atomic E-state index is 13.8. The van der Waals surface area contributed by atoms with E-state index in [9.17, 15) is 4.39 Å². The van der Waals surface area contributed by atoms with Crippen molar-refractivity contribution in [3.05, 3.63) is 29.2 Å². The van der Waals surface area contributed by atoms with Crippen molar-refractivity contribution >= 4 is 11.6 Å². The molecule has 0 amide bonds. The zero-order valence-electron chi connectivity index (χ0n) is 9.90. The number of rotatable bonds is 3. The van der Waals surface area contributed by atoms with Crippen LogP contribution in [0, 0.1) is 11.7 Å². The first kappa shape index (κ1) is 11.6. The van der Waals surface area contributed by atoms with Crippen LogP contribution in [0.1, 0.15) is 18.5 Å². The van der Waals surface area contributed by atoms with E-state index < -0.39 is 5.82 Å². The molecule has 0 aromatic carbocycles. The molecule has 1 aliphatic rings. The lowest BCUT2D eigenvalue weighted by atomic mass is 10.1. The first-order valence-electron chi connectivity index (χ1n) is 5.84. The third kappa shape index (κ3) is 2.10. The van der Waals surface area contributed by atoms with Gasteiger partial charge in [0, 0.05) is 18.3 Å². The Morgan fingerprint density at radius 3 is 2.94 bits per heavy atom. The second-order valence-corrected chi connectivity index (χ2v) is 4.95. The van der Waals surface area contributed by atoms with Crippen LogP contribution in [0.2, 0.25) is 5.28 Å². The Bertz CT molecular complexity index is 592. The van der Waals surface area contributed by atoms with Crippen LogP contribution in [0.15, 0.2) is 12.4 Å². The summed E-state index contributed by atoms with van der Waals surface area (Å²) in [6.45, 7) is 0. The monoisotopic (exact) mass is 266 g/mol. The van der Waals surface area contributed by atoms with Gasteiger partial charge in [-0.1, -0.05) is 0 Å². The van der Waals surface area contributed by atoms with E-state index in [1.165, 1.54) is 12.8 Å². The van der Waals surface area contributed by atoms with E-state index in [1.54, 1.807) is 10.9 Å². The third-order valence-electron chi connectivity index (χ3n) is 3.21. The Balaban J connectivity index is 2.07. The van der Waals surface area contributed by atoms with Crippen LogP contribution < -0.4 is 0 Å². The summed E-state index contributed by atoms with van der Waals surface area (Å²) in [6.07, 6.45) is 6.11. The molecule has 1 aliphatic carbocycles. The highest BCUT2D eigenvalue weighted by atomic mass is 35.5. The van der Waals surface area contributed by atoms with E-state index in [2.05, 4.69) is 15.1 Å². The van der Waals surface area contributed by atoms with Crippen LogP contribution in [0.4, 0.5) is 4.39 Å². The smallest absolute Gasteiger partial charge is 0.223 e. The van der Waals surface area contributed by atoms with Crippen molar-refractivity contribution in [2.75, 3.05) is 0 Å². The topological polar surface area (TPSA) is 43.6 Å². The number of nitrogens with zero attached hydrogens (tertiary/aromatic N) is 4. The van der Waals surface area contributed by atoms with E-state index in [1.807, 2.05) is 7.05 Å². The number of aryl methyl sites for hydroxylation is 1. The van der Waals surface area contributed by atoms with Gasteiger partial charge in [0.25, 0.3) is 0 Å². The molecule has 0 radical (unpaired) electrons. The standard InChI is InChI=1S/C12H12ClFN4/c1-18-10(4-7-2-3-7)8(5-16-18)11-9(14)6-15-12(13)17-11/h5-7H,2-4H2,1H3. The van der Waals surface area contributed by atoms with Gasteiger partial charge in [0.2, 0.25) is 5.28 Å². The lowest BCUT2D eigenvalue weighted by molar-refractivity contribution is 0.617. The molecular weight excluding hydrogens is 255 g/mol. The van der Waals surface area contributed by atoms with E-state index >= 15 is 0 Å². The zero-order chi connectivity index (χ0) is 12.7. The van der Waals surface area contributed by atoms with Gasteiger partial charge in [-0.05, 0) is 36.8 Å². The summed E-state index contributed by atoms with van der Waals surface area (Å²) >= 11 is 5.73. The molecule has 18 heavy (non-hydrogen) atoms. The van der Waals surface area contributed by atoms with Crippen molar-refractivity contribution < 1.29 is 4.39 Å². The molecule has 1 saturated carbocycles. The number of halogens is 2. The van der Waals surface area contributed by atoms with E-state index in [4.69, 9.17) is 11.6 Å². The Kier molecular flexibility index (Phi) is 2.78. The van der Waals surface area contributed by atoms with Crippen LogP contribution in [0.5, 0.6) is 0 Å². The highest BCUT2D eigenvalue weighted by molar-refractivity contribution is 6.28. The van der Waals surface area contributed by atoms with Gasteiger partial charge < -0.3 is 0 Å². The molecular formula is C12H12ClFN4. The second-order valence-electron chi connectivity index (χ2n) is 4.61. The average Bonchev–Trinajstić information content (AvgIpc) is 3.09. The molecule has 0 atom stereocenters. The summed E-state index contributed by atoms with van der Waals surface area (Å²) in [5.41, 5.74) is 1.95. The minimum atomic E-state index is -0.468. The van der Waals surface area contributed by atoms with Crippen LogP contribution in [-0.4, -0.2) is 19.7 Å². The lowest BCUT2D eigenvalue weighted by Crippen LogP contribution is -2.02. The van der Waals surface area contributed by atoms with Crippen LogP contribution >= 0.6 is 11.6 Å². The maximum Gasteiger partial charge on any atom is 0.223 e. The van der Waals surface area contributed by atoms with E-state index in [-0.39, 0.29) is 11.0 Å². The minimum absolute atomic E-state index is 0.0487. The summed E-state index contributed by atoms with van der Waals surface area (Å²) < 4.78 is 15.6. The lowest BCUT2D eigenvalue weighted by Gasteiger charge is -2.05. The van der Waals surface area contributed by atoms with Crippen molar-refractivity contribution in [2.24, 2.45) is 13.0 Å². The van der Waals surface area contributed by atoms with E-state index in [0.29, 0.717) is 11.5 Å². The van der Waals surface area contributed by atoms with Gasteiger partial charge >= 0.3 is 0 Å². The van der Waals surface area contributed by atoms with Crippen molar-refractivity contribution in [2.45, 2.75) is 19.3 Å². The molecule has 2 aromatic heterocycles. The van der Waals surface area contributed by atoms with Crippen molar-refractivity contribution in [1.29, 1.82) is 0 Å². The van der Waals surface area contributed by atoms with Crippen LogP contribution in [0.25, 0.3) is 11.3 Å². The Hall–Kier alpha value is -1.49. The third-order valence-corrected chi connectivity index (χ3v) is 3.39. The Morgan fingerprint density at radius 1 is 1.44 bits per heavy atom. The molecule has 4 nitrogen and oxygen atoms in total. The van der Waals surface area contributed by atoms with Gasteiger partial charge in [0.1, 0.15) is 5.69 Å². The van der Waals surface area contributed by atoms with Gasteiger partial charge in [0.05, 0.1) is 12.4 Å². The zero-order valence-corrected chi connectivity index (χ0v) is 10.7. The first-order valence-corrected chi connectivity index (χ1v) is 6.22. The molecule has 2 heterocycles. The minimum Gasteiger partial charge on any atom is -0.272 e. The maximum atomic E-state index is 13.8. The van der Waals surface area contributed by atoms with Crippen molar-refractivity contribution in [3.63, 3.8) is 0 Å². The van der Waals surface area contributed by atoms with Gasteiger partial charge in [-0.2, -0.15) is 5.10 Å². The Labute approximate surface area is 109 Å². The summed E-state index contributed by atoms with van der Waals surface area (Å²) in [5, 5.41) is 4.24. The SMILES string of the molecule is Cn1ncc(-c2nc(Cl)ncc2F)c1CC1CC1. The number of aromatic nitrogens is 4. The molecule has 0 N–H and O–H groups in total. The highest BCUT2D eigenvalue weighted by Gasteiger charge is 2.26. The molecule has 0 bridgehead atoms. The van der Waals surface area contributed by atoms with Crippen molar-refractivity contribution in [3.8, 4) is 11.3 Å². The van der Waals surface area contributed by atoms with E-state index in [0.717, 1.165) is 18.3 Å². The number of hydrogen-bond donors (Lipinski definition) is 0. The second kappa shape index (κ2) is 4.31. The summed E-state index contributed by atoms with van der Waals surface area (Å²) in [6, 6.07) is 0. The fourth-order valence-corrected chi connectivity index (χ4v) is 2.17. The summed E-state index contributed by atoms with van der Waals surface area (Å²) in [5.74, 6) is 0.226. The molecule has 0 spiro atoms. The fraction of sp³-hybridized carbons (Fsp3) is 0.417. The van der Waals surface area contributed by atoms with Gasteiger partial charge in [0.15, 0.2) is 5.82 Å². The quantitative estimate of drug-likeness (QED) is 0.802. The van der Waals surface area contributed by atoms with Gasteiger partial charge in [-0.15, -0.1) is 0 Å². The normalized spacial score (nSPS) is 15.1. The molecule has 0 aliphatic heterocycles. The van der Waals surface area contributed by atoms with Crippen LogP contribution in [-0.2, 0) is 13.5 Å². The molecule has 94 valence electrons. The first-order chi connectivity index (χ1) is 8.65. The summed E-state index contributed by atoms with van der Waals surface area (Å²) in [4.78, 5) is 7.60. The largest absolute Gasteiger partial charge is 0.272 e. The Morgan fingerprint density at radius 2 is 2.22 bits per heavy atom. The number of hydrogen-bond acceptors (Lipinski definition) is 3. The van der Waals surface area contributed by atoms with Crippen LogP contribution in [0.3, 0.4) is 0 Å². The predicted octanol–water partition coefficient (Wildman–Crippen LogP) is 2.62. The van der Waals surface area contributed by atoms with Gasteiger partial charge in [-0.25, -0.2) is 14.4 Å². The molecule has 3 rings (SSSR count). The molecule has 1 fully saturated rings. The molecule has 2 aromatic rings. The fourth-order valence-electron chi connectivity index (χ4n) is 2.03. The van der Waals surface area contributed by atoms with Gasteiger partial charge in [-0.3, -0.25) is 4.68 Å². The highest BCUT2D eigenvalue weighted by Crippen LogP contribution is 2.35. The average molecular weight is 267 g/mol.